The van der Waals surface area contributed by atoms with Crippen molar-refractivity contribution < 1.29 is 9.90 Å². The van der Waals surface area contributed by atoms with Crippen LogP contribution >= 0.6 is 0 Å². The Balaban J connectivity index is 1.29. The Hall–Kier alpha value is -4.75. The van der Waals surface area contributed by atoms with Crippen molar-refractivity contribution in [3.05, 3.63) is 132 Å². The van der Waals surface area contributed by atoms with Gasteiger partial charge in [0.15, 0.2) is 5.82 Å². The first kappa shape index (κ1) is 27.8. The molecule has 0 aliphatic heterocycles. The van der Waals surface area contributed by atoms with Crippen LogP contribution in [0.5, 0.6) is 0 Å². The van der Waals surface area contributed by atoms with Crippen LogP contribution in [0.3, 0.4) is 0 Å². The Kier molecular flexibility index (Phi) is 9.19. The van der Waals surface area contributed by atoms with Crippen LogP contribution in [-0.4, -0.2) is 32.4 Å². The molecule has 3 N–H and O–H groups in total. The van der Waals surface area contributed by atoms with Crippen LogP contribution in [0.4, 0.5) is 5.69 Å². The molecular weight excluding hydrogens is 510 g/mol. The first-order valence-electron chi connectivity index (χ1n) is 14.0. The summed E-state index contributed by atoms with van der Waals surface area (Å²) in [6.07, 6.45) is 7.78. The van der Waals surface area contributed by atoms with Crippen LogP contribution in [0.25, 0.3) is 16.9 Å². The fourth-order valence-electron chi connectivity index (χ4n) is 4.96. The van der Waals surface area contributed by atoms with Crippen molar-refractivity contribution in [3.63, 3.8) is 0 Å². The molecule has 0 saturated heterocycles. The van der Waals surface area contributed by atoms with E-state index in [4.69, 9.17) is 5.11 Å². The summed E-state index contributed by atoms with van der Waals surface area (Å²) in [6, 6.07) is 33.0. The van der Waals surface area contributed by atoms with E-state index in [0.717, 1.165) is 46.6 Å². The smallest absolute Gasteiger partial charge is 0.304 e. The van der Waals surface area contributed by atoms with Crippen LogP contribution in [0.1, 0.15) is 55.0 Å². The molecule has 2 heterocycles. The van der Waals surface area contributed by atoms with Gasteiger partial charge in [0.05, 0.1) is 36.6 Å². The van der Waals surface area contributed by atoms with Crippen LogP contribution < -0.4 is 10.6 Å². The molecule has 0 aliphatic rings. The van der Waals surface area contributed by atoms with Gasteiger partial charge < -0.3 is 15.7 Å². The molecule has 0 amide bonds. The average Bonchev–Trinajstić information content (AvgIpc) is 3.51. The van der Waals surface area contributed by atoms with E-state index < -0.39 is 5.97 Å². The molecule has 208 valence electrons. The molecule has 41 heavy (non-hydrogen) atoms. The Morgan fingerprint density at radius 1 is 0.829 bits per heavy atom. The summed E-state index contributed by atoms with van der Waals surface area (Å²) >= 11 is 0. The number of nitrogens with zero attached hydrogens (tertiary/aromatic N) is 3. The normalized spacial score (nSPS) is 12.5. The predicted molar refractivity (Wildman–Crippen MR) is 163 cm³/mol. The van der Waals surface area contributed by atoms with Gasteiger partial charge in [0.1, 0.15) is 0 Å². The fraction of sp³-hybridized carbons (Fsp3) is 0.206. The van der Waals surface area contributed by atoms with Crippen molar-refractivity contribution in [3.8, 4) is 16.9 Å². The molecule has 0 radical (unpaired) electrons. The van der Waals surface area contributed by atoms with Gasteiger partial charge in [-0.3, -0.25) is 4.79 Å². The molecule has 5 rings (SSSR count). The summed E-state index contributed by atoms with van der Waals surface area (Å²) in [5, 5.41) is 20.7. The number of anilines is 1. The maximum absolute atomic E-state index is 11.1. The van der Waals surface area contributed by atoms with Gasteiger partial charge in [-0.2, -0.15) is 5.10 Å². The van der Waals surface area contributed by atoms with Crippen LogP contribution in [0.2, 0.25) is 0 Å². The predicted octanol–water partition coefficient (Wildman–Crippen LogP) is 7.04. The first-order chi connectivity index (χ1) is 20.1. The van der Waals surface area contributed by atoms with Gasteiger partial charge in [-0.15, -0.1) is 0 Å². The Morgan fingerprint density at radius 2 is 1.51 bits per heavy atom. The Morgan fingerprint density at radius 3 is 2.17 bits per heavy atom. The molecule has 0 aliphatic carbocycles. The second-order valence-corrected chi connectivity index (χ2v) is 10.0. The second-order valence-electron chi connectivity index (χ2n) is 10.0. The Bertz CT molecular complexity index is 1520. The van der Waals surface area contributed by atoms with Gasteiger partial charge in [0.25, 0.3) is 0 Å². The van der Waals surface area contributed by atoms with Gasteiger partial charge in [0, 0.05) is 18.3 Å². The van der Waals surface area contributed by atoms with Crippen LogP contribution in [0, 0.1) is 0 Å². The standard InChI is InChI=1S/C34H35N5O2/c1-2-9-31(26-14-16-28(17-15-26)34(35-21-20-33(40)41)27-12-7-4-8-13-27)38-30-18-19-32(36-23-30)39-24-29(22-37-39)25-10-5-3-6-11-25/h3-8,10-19,22-24,31,34-35,38H,2,9,20-21H2,1H3,(H,40,41). The summed E-state index contributed by atoms with van der Waals surface area (Å²) in [7, 11) is 0. The maximum Gasteiger partial charge on any atom is 0.304 e. The zero-order valence-corrected chi connectivity index (χ0v) is 23.1. The largest absolute Gasteiger partial charge is 0.481 e. The molecule has 3 aromatic carbocycles. The van der Waals surface area contributed by atoms with Gasteiger partial charge in [-0.25, -0.2) is 9.67 Å². The number of benzene rings is 3. The molecule has 2 atom stereocenters. The van der Waals surface area contributed by atoms with Gasteiger partial charge in [-0.05, 0) is 40.8 Å². The number of hydrogen-bond acceptors (Lipinski definition) is 5. The second kappa shape index (κ2) is 13.5. The first-order valence-corrected chi connectivity index (χ1v) is 14.0. The highest BCUT2D eigenvalue weighted by Crippen LogP contribution is 2.28. The average molecular weight is 546 g/mol. The number of rotatable bonds is 13. The van der Waals surface area contributed by atoms with E-state index in [2.05, 4.69) is 76.2 Å². The summed E-state index contributed by atoms with van der Waals surface area (Å²) in [6.45, 7) is 2.58. The van der Waals surface area contributed by atoms with Crippen molar-refractivity contribution in [2.45, 2.75) is 38.3 Å². The minimum absolute atomic E-state index is 0.0747. The number of carboxylic acids is 1. The van der Waals surface area contributed by atoms with E-state index in [1.807, 2.05) is 67.1 Å². The minimum atomic E-state index is -0.808. The van der Waals surface area contributed by atoms with Gasteiger partial charge in [0.2, 0.25) is 0 Å². The highest BCUT2D eigenvalue weighted by Gasteiger charge is 2.16. The highest BCUT2D eigenvalue weighted by molar-refractivity contribution is 5.67. The van der Waals surface area contributed by atoms with E-state index in [9.17, 15) is 4.79 Å². The summed E-state index contributed by atoms with van der Waals surface area (Å²) < 4.78 is 1.79. The minimum Gasteiger partial charge on any atom is -0.481 e. The monoisotopic (exact) mass is 545 g/mol. The zero-order chi connectivity index (χ0) is 28.4. The lowest BCUT2D eigenvalue weighted by molar-refractivity contribution is -0.136. The molecule has 7 heteroatoms. The lowest BCUT2D eigenvalue weighted by atomic mass is 9.95. The highest BCUT2D eigenvalue weighted by atomic mass is 16.4. The van der Waals surface area contributed by atoms with E-state index >= 15 is 0 Å². The van der Waals surface area contributed by atoms with Crippen molar-refractivity contribution in [1.82, 2.24) is 20.1 Å². The van der Waals surface area contributed by atoms with E-state index in [0.29, 0.717) is 6.54 Å². The summed E-state index contributed by atoms with van der Waals surface area (Å²) in [5.74, 6) is -0.0475. The van der Waals surface area contributed by atoms with E-state index in [1.165, 1.54) is 5.56 Å². The lowest BCUT2D eigenvalue weighted by Gasteiger charge is -2.23. The molecule has 0 fully saturated rings. The quantitative estimate of drug-likeness (QED) is 0.147. The van der Waals surface area contributed by atoms with Crippen LogP contribution in [-0.2, 0) is 4.79 Å². The van der Waals surface area contributed by atoms with Gasteiger partial charge in [-0.1, -0.05) is 98.3 Å². The Labute approximate surface area is 240 Å². The molecule has 7 nitrogen and oxygen atoms in total. The third kappa shape index (κ3) is 7.26. The number of pyridine rings is 1. The number of hydrogen-bond donors (Lipinski definition) is 3. The number of carboxylic acid groups (broad SMARTS) is 1. The molecule has 2 aromatic heterocycles. The van der Waals surface area contributed by atoms with Crippen LogP contribution in [0.15, 0.2) is 116 Å². The number of aromatic nitrogens is 3. The molecule has 0 bridgehead atoms. The maximum atomic E-state index is 11.1. The summed E-state index contributed by atoms with van der Waals surface area (Å²) in [4.78, 5) is 15.7. The van der Waals surface area contributed by atoms with Crippen molar-refractivity contribution in [2.24, 2.45) is 0 Å². The summed E-state index contributed by atoms with van der Waals surface area (Å²) in [5.41, 5.74) is 6.51. The number of nitrogens with one attached hydrogen (secondary N) is 2. The SMILES string of the molecule is CCCC(Nc1ccc(-n2cc(-c3ccccc3)cn2)nc1)c1ccc(C(NCCC(=O)O)c2ccccc2)cc1. The van der Waals surface area contributed by atoms with Crippen molar-refractivity contribution in [1.29, 1.82) is 0 Å². The van der Waals surface area contributed by atoms with E-state index in [-0.39, 0.29) is 18.5 Å². The van der Waals surface area contributed by atoms with Crippen molar-refractivity contribution >= 4 is 11.7 Å². The molecular formula is C34H35N5O2. The van der Waals surface area contributed by atoms with E-state index in [1.54, 1.807) is 4.68 Å². The molecule has 0 saturated carbocycles. The lowest BCUT2D eigenvalue weighted by Crippen LogP contribution is -2.25. The number of carbonyl (C=O) groups is 1. The van der Waals surface area contributed by atoms with Crippen molar-refractivity contribution in [2.75, 3.05) is 11.9 Å². The molecule has 0 spiro atoms. The molecule has 2 unspecified atom stereocenters. The zero-order valence-electron chi connectivity index (χ0n) is 23.1. The third-order valence-corrected chi connectivity index (χ3v) is 7.08. The van der Waals surface area contributed by atoms with Gasteiger partial charge >= 0.3 is 5.97 Å². The number of aliphatic carboxylic acids is 1. The fourth-order valence-corrected chi connectivity index (χ4v) is 4.96. The topological polar surface area (TPSA) is 92.1 Å². The molecule has 5 aromatic rings. The third-order valence-electron chi connectivity index (χ3n) is 7.08.